The molecule has 136 valence electrons. The molecule has 0 bridgehead atoms. The lowest BCUT2D eigenvalue weighted by Gasteiger charge is -2.02. The Balaban J connectivity index is 1.43. The van der Waals surface area contributed by atoms with Gasteiger partial charge in [-0.3, -0.25) is 9.20 Å². The van der Waals surface area contributed by atoms with Gasteiger partial charge in [-0.2, -0.15) is 0 Å². The zero-order chi connectivity index (χ0) is 18.6. The van der Waals surface area contributed by atoms with Gasteiger partial charge in [-0.15, -0.1) is 10.2 Å². The van der Waals surface area contributed by atoms with E-state index in [1.54, 1.807) is 25.4 Å². The smallest absolute Gasteiger partial charge is 0.276 e. The molecule has 3 aromatic heterocycles. The van der Waals surface area contributed by atoms with E-state index in [1.807, 2.05) is 30.3 Å². The van der Waals surface area contributed by atoms with Crippen molar-refractivity contribution in [2.75, 3.05) is 7.11 Å². The largest absolute Gasteiger partial charge is 0.497 e. The molecule has 0 saturated heterocycles. The van der Waals surface area contributed by atoms with Crippen LogP contribution in [-0.4, -0.2) is 26.7 Å². The van der Waals surface area contributed by atoms with E-state index in [2.05, 4.69) is 15.2 Å². The normalized spacial score (nSPS) is 11.0. The minimum Gasteiger partial charge on any atom is -0.497 e. The van der Waals surface area contributed by atoms with Gasteiger partial charge >= 0.3 is 0 Å². The van der Waals surface area contributed by atoms with Crippen molar-refractivity contribution in [3.8, 4) is 5.75 Å². The summed E-state index contributed by atoms with van der Waals surface area (Å²) < 4.78 is 12.3. The zero-order valence-corrected chi connectivity index (χ0v) is 15.3. The Hall–Kier alpha value is -3.13. The molecule has 0 atom stereocenters. The number of fused-ring (bicyclic) bond motifs is 1. The Morgan fingerprint density at radius 1 is 1.15 bits per heavy atom. The third-order valence-corrected chi connectivity index (χ3v) is 4.78. The van der Waals surface area contributed by atoms with E-state index in [0.717, 1.165) is 11.3 Å². The second-order valence-electron chi connectivity index (χ2n) is 5.79. The van der Waals surface area contributed by atoms with Crippen LogP contribution in [0.25, 0.3) is 5.65 Å². The van der Waals surface area contributed by atoms with Crippen LogP contribution >= 0.6 is 11.8 Å². The molecule has 3 heterocycles. The maximum Gasteiger partial charge on any atom is 0.276 e. The SMILES string of the molecule is COc1ccc(Cc2nnc(SCc3cc(=O)n4ccccc4n3)o2)cc1. The number of thioether (sulfide) groups is 1. The molecular formula is C19H16N4O3S. The number of hydrogen-bond acceptors (Lipinski definition) is 7. The lowest BCUT2D eigenvalue weighted by Crippen LogP contribution is -2.14. The van der Waals surface area contributed by atoms with Gasteiger partial charge in [0.15, 0.2) is 0 Å². The summed E-state index contributed by atoms with van der Waals surface area (Å²) in [7, 11) is 1.63. The summed E-state index contributed by atoms with van der Waals surface area (Å²) in [6.07, 6.45) is 2.25. The monoisotopic (exact) mass is 380 g/mol. The highest BCUT2D eigenvalue weighted by Crippen LogP contribution is 2.22. The van der Waals surface area contributed by atoms with Gasteiger partial charge in [0.2, 0.25) is 5.89 Å². The second kappa shape index (κ2) is 7.63. The van der Waals surface area contributed by atoms with E-state index in [1.165, 1.54) is 22.2 Å². The number of benzene rings is 1. The van der Waals surface area contributed by atoms with Crippen LogP contribution in [0.3, 0.4) is 0 Å². The first-order valence-corrected chi connectivity index (χ1v) is 9.25. The molecule has 0 amide bonds. The molecule has 0 spiro atoms. The van der Waals surface area contributed by atoms with E-state index >= 15 is 0 Å². The van der Waals surface area contributed by atoms with Gasteiger partial charge in [0.1, 0.15) is 11.4 Å². The summed E-state index contributed by atoms with van der Waals surface area (Å²) in [5.41, 5.74) is 2.24. The van der Waals surface area contributed by atoms with Crippen molar-refractivity contribution in [1.29, 1.82) is 0 Å². The molecule has 0 aliphatic rings. The average Bonchev–Trinajstić information content (AvgIpc) is 3.14. The molecule has 7 nitrogen and oxygen atoms in total. The van der Waals surface area contributed by atoms with Crippen LogP contribution in [0.4, 0.5) is 0 Å². The number of rotatable bonds is 6. The maximum absolute atomic E-state index is 12.1. The van der Waals surface area contributed by atoms with Crippen LogP contribution in [0.15, 0.2) is 69.2 Å². The van der Waals surface area contributed by atoms with Gasteiger partial charge in [-0.25, -0.2) is 4.98 Å². The van der Waals surface area contributed by atoms with Gasteiger partial charge in [0.25, 0.3) is 10.8 Å². The van der Waals surface area contributed by atoms with Crippen molar-refractivity contribution in [3.05, 3.63) is 82.2 Å². The summed E-state index contributed by atoms with van der Waals surface area (Å²) in [5.74, 6) is 1.82. The van der Waals surface area contributed by atoms with Crippen LogP contribution in [-0.2, 0) is 12.2 Å². The van der Waals surface area contributed by atoms with Crippen molar-refractivity contribution in [2.45, 2.75) is 17.4 Å². The average molecular weight is 380 g/mol. The summed E-state index contributed by atoms with van der Waals surface area (Å²) in [4.78, 5) is 16.6. The first kappa shape index (κ1) is 17.3. The van der Waals surface area contributed by atoms with Crippen molar-refractivity contribution in [3.63, 3.8) is 0 Å². The van der Waals surface area contributed by atoms with Crippen molar-refractivity contribution in [1.82, 2.24) is 19.6 Å². The number of methoxy groups -OCH3 is 1. The fourth-order valence-corrected chi connectivity index (χ4v) is 3.27. The standard InChI is InChI=1S/C19H16N4O3S/c1-25-15-7-5-13(6-8-15)10-17-21-22-19(26-17)27-12-14-11-18(24)23-9-3-2-4-16(23)20-14/h2-9,11H,10,12H2,1H3. The van der Waals surface area contributed by atoms with E-state index in [4.69, 9.17) is 9.15 Å². The molecule has 1 aromatic carbocycles. The summed E-state index contributed by atoms with van der Waals surface area (Å²) in [5, 5.41) is 8.59. The summed E-state index contributed by atoms with van der Waals surface area (Å²) >= 11 is 1.36. The Morgan fingerprint density at radius 3 is 2.81 bits per heavy atom. The fourth-order valence-electron chi connectivity index (χ4n) is 2.60. The van der Waals surface area contributed by atoms with Crippen molar-refractivity contribution < 1.29 is 9.15 Å². The van der Waals surface area contributed by atoms with Crippen molar-refractivity contribution >= 4 is 17.4 Å². The zero-order valence-electron chi connectivity index (χ0n) is 14.5. The summed E-state index contributed by atoms with van der Waals surface area (Å²) in [6, 6.07) is 14.7. The van der Waals surface area contributed by atoms with E-state index in [9.17, 15) is 4.79 Å². The Bertz CT molecular complexity index is 1120. The minimum atomic E-state index is -0.109. The van der Waals surface area contributed by atoms with Crippen LogP contribution in [0, 0.1) is 0 Å². The molecule has 0 aliphatic heterocycles. The number of ether oxygens (including phenoxy) is 1. The molecule has 0 radical (unpaired) electrons. The predicted octanol–water partition coefficient (Wildman–Crippen LogP) is 2.97. The molecule has 0 saturated carbocycles. The number of hydrogen-bond donors (Lipinski definition) is 0. The Kier molecular flexibility index (Phi) is 4.88. The molecule has 0 unspecified atom stereocenters. The van der Waals surface area contributed by atoms with Gasteiger partial charge in [0.05, 0.1) is 19.2 Å². The number of pyridine rings is 1. The predicted molar refractivity (Wildman–Crippen MR) is 101 cm³/mol. The maximum atomic E-state index is 12.1. The van der Waals surface area contributed by atoms with Crippen molar-refractivity contribution in [2.24, 2.45) is 0 Å². The molecule has 8 heteroatoms. The molecule has 4 aromatic rings. The topological polar surface area (TPSA) is 82.5 Å². The highest BCUT2D eigenvalue weighted by Gasteiger charge is 2.10. The molecule has 0 N–H and O–H groups in total. The van der Waals surface area contributed by atoms with Gasteiger partial charge < -0.3 is 9.15 Å². The lowest BCUT2D eigenvalue weighted by atomic mass is 10.1. The highest BCUT2D eigenvalue weighted by molar-refractivity contribution is 7.98. The van der Waals surface area contributed by atoms with E-state index in [-0.39, 0.29) is 5.56 Å². The molecule has 4 rings (SSSR count). The van der Waals surface area contributed by atoms with Crippen LogP contribution in [0.5, 0.6) is 5.75 Å². The highest BCUT2D eigenvalue weighted by atomic mass is 32.2. The van der Waals surface area contributed by atoms with Gasteiger partial charge in [-0.05, 0) is 29.8 Å². The van der Waals surface area contributed by atoms with E-state index in [0.29, 0.717) is 34.6 Å². The van der Waals surface area contributed by atoms with Gasteiger partial charge in [-0.1, -0.05) is 30.0 Å². The van der Waals surface area contributed by atoms with E-state index < -0.39 is 0 Å². The summed E-state index contributed by atoms with van der Waals surface area (Å²) in [6.45, 7) is 0. The molecule has 0 aliphatic carbocycles. The van der Waals surface area contributed by atoms with Crippen LogP contribution in [0.1, 0.15) is 17.1 Å². The Morgan fingerprint density at radius 2 is 2.00 bits per heavy atom. The molecule has 27 heavy (non-hydrogen) atoms. The molecular weight excluding hydrogens is 364 g/mol. The fraction of sp³-hybridized carbons (Fsp3) is 0.158. The second-order valence-corrected chi connectivity index (χ2v) is 6.72. The number of aromatic nitrogens is 4. The quantitative estimate of drug-likeness (QED) is 0.476. The third-order valence-electron chi connectivity index (χ3n) is 3.93. The first-order chi connectivity index (χ1) is 13.2. The lowest BCUT2D eigenvalue weighted by molar-refractivity contribution is 0.413. The van der Waals surface area contributed by atoms with Crippen LogP contribution < -0.4 is 10.3 Å². The molecule has 0 fully saturated rings. The van der Waals surface area contributed by atoms with Gasteiger partial charge in [0, 0.05) is 18.0 Å². The minimum absolute atomic E-state index is 0.109. The third kappa shape index (κ3) is 4.01. The van der Waals surface area contributed by atoms with Crippen LogP contribution in [0.2, 0.25) is 0 Å². The Labute approximate surface area is 159 Å². The number of nitrogens with zero attached hydrogens (tertiary/aromatic N) is 4. The first-order valence-electron chi connectivity index (χ1n) is 8.27.